The van der Waals surface area contributed by atoms with Gasteiger partial charge in [0.05, 0.1) is 0 Å². The fraction of sp³-hybridized carbons (Fsp3) is 0.733. The summed E-state index contributed by atoms with van der Waals surface area (Å²) in [4.78, 5) is 21.7. The number of carboxylic acid groups (broad SMARTS) is 1. The van der Waals surface area contributed by atoms with E-state index in [1.54, 1.807) is 6.92 Å². The second-order valence-electron chi connectivity index (χ2n) is 11.0. The third-order valence-corrected chi connectivity index (χ3v) is 8.20. The standard InChI is InChI=1S/C30H52O4/c1-21(24(4)26(6)29(32)33)17-14-15-19-30(9,10)27(7)23(3)18-13-11-12-16-22(2)25(5)28(8)34-20-31/h20-22H,11-19H2,1-10H3,(H,32,33)/b26-24+,27-23?,28-25?. The molecule has 0 heterocycles. The maximum atomic E-state index is 11.2. The summed E-state index contributed by atoms with van der Waals surface area (Å²) in [5.74, 6) is 0.686. The first kappa shape index (κ1) is 32.2. The van der Waals surface area contributed by atoms with E-state index in [0.29, 0.717) is 23.9 Å². The van der Waals surface area contributed by atoms with Crippen molar-refractivity contribution in [1.82, 2.24) is 0 Å². The monoisotopic (exact) mass is 476 g/mol. The lowest BCUT2D eigenvalue weighted by atomic mass is 9.77. The predicted octanol–water partition coefficient (Wildman–Crippen LogP) is 9.02. The minimum Gasteiger partial charge on any atom is -0.478 e. The molecule has 0 radical (unpaired) electrons. The van der Waals surface area contributed by atoms with Crippen LogP contribution >= 0.6 is 0 Å². The molecule has 0 aromatic carbocycles. The van der Waals surface area contributed by atoms with Gasteiger partial charge in [-0.3, -0.25) is 4.79 Å². The fourth-order valence-corrected chi connectivity index (χ4v) is 4.47. The minimum absolute atomic E-state index is 0.196. The van der Waals surface area contributed by atoms with Crippen LogP contribution in [0.4, 0.5) is 0 Å². The van der Waals surface area contributed by atoms with Gasteiger partial charge in [0, 0.05) is 5.57 Å². The van der Waals surface area contributed by atoms with Gasteiger partial charge in [0.2, 0.25) is 0 Å². The summed E-state index contributed by atoms with van der Waals surface area (Å²) in [6.45, 7) is 21.7. The molecule has 0 amide bonds. The van der Waals surface area contributed by atoms with E-state index < -0.39 is 5.97 Å². The summed E-state index contributed by atoms with van der Waals surface area (Å²) in [6, 6.07) is 0. The zero-order valence-corrected chi connectivity index (χ0v) is 23.8. The lowest BCUT2D eigenvalue weighted by molar-refractivity contribution is -0.132. The van der Waals surface area contributed by atoms with Gasteiger partial charge in [-0.05, 0) is 96.5 Å². The number of unbranched alkanes of at least 4 members (excludes halogenated alkanes) is 3. The molecule has 196 valence electrons. The molecule has 0 rings (SSSR count). The number of allylic oxidation sites excluding steroid dienone is 5. The van der Waals surface area contributed by atoms with Gasteiger partial charge < -0.3 is 9.84 Å². The highest BCUT2D eigenvalue weighted by molar-refractivity contribution is 5.86. The average molecular weight is 477 g/mol. The van der Waals surface area contributed by atoms with Crippen molar-refractivity contribution in [2.24, 2.45) is 17.3 Å². The maximum absolute atomic E-state index is 11.2. The fourth-order valence-electron chi connectivity index (χ4n) is 4.47. The summed E-state index contributed by atoms with van der Waals surface area (Å²) < 4.78 is 4.99. The number of hydrogen-bond donors (Lipinski definition) is 1. The topological polar surface area (TPSA) is 63.6 Å². The van der Waals surface area contributed by atoms with Crippen LogP contribution in [0.2, 0.25) is 0 Å². The Balaban J connectivity index is 4.51. The Hall–Kier alpha value is -1.84. The van der Waals surface area contributed by atoms with E-state index in [0.717, 1.165) is 43.4 Å². The molecule has 34 heavy (non-hydrogen) atoms. The molecule has 4 heteroatoms. The van der Waals surface area contributed by atoms with Crippen LogP contribution in [0.5, 0.6) is 0 Å². The highest BCUT2D eigenvalue weighted by Gasteiger charge is 2.21. The van der Waals surface area contributed by atoms with Crippen LogP contribution in [0, 0.1) is 17.3 Å². The lowest BCUT2D eigenvalue weighted by Crippen LogP contribution is -2.15. The molecule has 0 saturated carbocycles. The Bertz CT molecular complexity index is 752. The smallest absolute Gasteiger partial charge is 0.331 e. The average Bonchev–Trinajstić information content (AvgIpc) is 2.78. The Kier molecular flexibility index (Phi) is 15.1. The van der Waals surface area contributed by atoms with Crippen molar-refractivity contribution in [1.29, 1.82) is 0 Å². The van der Waals surface area contributed by atoms with Gasteiger partial charge in [-0.1, -0.05) is 70.1 Å². The first-order chi connectivity index (χ1) is 15.8. The first-order valence-corrected chi connectivity index (χ1v) is 13.1. The first-order valence-electron chi connectivity index (χ1n) is 13.1. The maximum Gasteiger partial charge on any atom is 0.331 e. The van der Waals surface area contributed by atoms with Gasteiger partial charge in [-0.2, -0.15) is 0 Å². The second kappa shape index (κ2) is 15.9. The quantitative estimate of drug-likeness (QED) is 0.0747. The molecule has 1 N–H and O–H groups in total. The van der Waals surface area contributed by atoms with E-state index in [4.69, 9.17) is 4.74 Å². The van der Waals surface area contributed by atoms with E-state index in [1.807, 2.05) is 13.8 Å². The zero-order chi connectivity index (χ0) is 26.5. The van der Waals surface area contributed by atoms with Crippen molar-refractivity contribution in [3.63, 3.8) is 0 Å². The highest BCUT2D eigenvalue weighted by Crippen LogP contribution is 2.36. The minimum atomic E-state index is -0.803. The molecule has 2 atom stereocenters. The molecular formula is C30H52O4. The third kappa shape index (κ3) is 11.5. The van der Waals surface area contributed by atoms with Crippen molar-refractivity contribution >= 4 is 12.4 Å². The molecule has 0 aliphatic heterocycles. The third-order valence-electron chi connectivity index (χ3n) is 8.20. The Labute approximate surface area is 209 Å². The van der Waals surface area contributed by atoms with Crippen LogP contribution in [-0.4, -0.2) is 17.5 Å². The van der Waals surface area contributed by atoms with Gasteiger partial charge in [-0.25, -0.2) is 4.79 Å². The lowest BCUT2D eigenvalue weighted by Gasteiger charge is -2.28. The molecular weight excluding hydrogens is 424 g/mol. The number of ether oxygens (including phenoxy) is 1. The zero-order valence-electron chi connectivity index (χ0n) is 23.8. The van der Waals surface area contributed by atoms with Gasteiger partial charge in [0.25, 0.3) is 6.47 Å². The number of rotatable bonds is 17. The highest BCUT2D eigenvalue weighted by atomic mass is 16.5. The van der Waals surface area contributed by atoms with Crippen LogP contribution in [-0.2, 0) is 14.3 Å². The van der Waals surface area contributed by atoms with Crippen LogP contribution in [0.15, 0.2) is 33.6 Å². The largest absolute Gasteiger partial charge is 0.478 e. The molecule has 0 spiro atoms. The second-order valence-corrected chi connectivity index (χ2v) is 11.0. The van der Waals surface area contributed by atoms with Crippen LogP contribution in [0.3, 0.4) is 0 Å². The number of hydrogen-bond acceptors (Lipinski definition) is 3. The van der Waals surface area contributed by atoms with Crippen LogP contribution < -0.4 is 0 Å². The van der Waals surface area contributed by atoms with E-state index in [9.17, 15) is 14.7 Å². The number of carbonyl (C=O) groups is 2. The summed E-state index contributed by atoms with van der Waals surface area (Å²) in [6.07, 6.45) is 10.4. The van der Waals surface area contributed by atoms with Crippen LogP contribution in [0.1, 0.15) is 127 Å². The molecule has 0 aromatic heterocycles. The van der Waals surface area contributed by atoms with E-state index in [1.165, 1.54) is 42.4 Å². The van der Waals surface area contributed by atoms with Crippen molar-refractivity contribution in [3.05, 3.63) is 33.6 Å². The van der Waals surface area contributed by atoms with Gasteiger partial charge in [-0.15, -0.1) is 0 Å². The van der Waals surface area contributed by atoms with Gasteiger partial charge in [0.15, 0.2) is 0 Å². The SMILES string of the molecule is CC(CCCCCC(C)C(C)=C(C)OC=O)=C(C)C(C)(C)CCCCC(C)/C(C)=C(\C)C(=O)O. The molecule has 4 nitrogen and oxygen atoms in total. The molecule has 0 fully saturated rings. The van der Waals surface area contributed by atoms with Crippen molar-refractivity contribution in [2.45, 2.75) is 127 Å². The van der Waals surface area contributed by atoms with Crippen molar-refractivity contribution in [2.75, 3.05) is 0 Å². The molecule has 0 bridgehead atoms. The van der Waals surface area contributed by atoms with E-state index in [2.05, 4.69) is 48.5 Å². The number of carbonyl (C=O) groups excluding carboxylic acids is 1. The molecule has 2 unspecified atom stereocenters. The van der Waals surface area contributed by atoms with E-state index in [-0.39, 0.29) is 5.41 Å². The molecule has 0 aliphatic rings. The Morgan fingerprint density at radius 2 is 1.38 bits per heavy atom. The molecule has 0 saturated heterocycles. The van der Waals surface area contributed by atoms with Crippen LogP contribution in [0.25, 0.3) is 0 Å². The van der Waals surface area contributed by atoms with E-state index >= 15 is 0 Å². The molecule has 0 aromatic rings. The van der Waals surface area contributed by atoms with Crippen molar-refractivity contribution < 1.29 is 19.4 Å². The molecule has 0 aliphatic carbocycles. The summed E-state index contributed by atoms with van der Waals surface area (Å²) in [7, 11) is 0. The van der Waals surface area contributed by atoms with Gasteiger partial charge in [0.1, 0.15) is 5.76 Å². The Morgan fingerprint density at radius 3 is 1.91 bits per heavy atom. The summed E-state index contributed by atoms with van der Waals surface area (Å²) in [5, 5.41) is 9.19. The van der Waals surface area contributed by atoms with Crippen molar-refractivity contribution in [3.8, 4) is 0 Å². The number of aliphatic carboxylic acids is 1. The Morgan fingerprint density at radius 1 is 0.853 bits per heavy atom. The number of carboxylic acids is 1. The summed E-state index contributed by atoms with van der Waals surface area (Å²) in [5.41, 5.74) is 5.90. The predicted molar refractivity (Wildman–Crippen MR) is 144 cm³/mol. The van der Waals surface area contributed by atoms with Gasteiger partial charge >= 0.3 is 5.97 Å². The summed E-state index contributed by atoms with van der Waals surface area (Å²) >= 11 is 0. The normalized spacial score (nSPS) is 16.2.